The number of hydrogen-bond acceptors (Lipinski definition) is 3. The topological polar surface area (TPSA) is 66.5 Å². The number of carbonyl (C=O) groups excluding carboxylic acids is 1. The van der Waals surface area contributed by atoms with Crippen LogP contribution in [0.1, 0.15) is 26.3 Å². The lowest BCUT2D eigenvalue weighted by atomic mass is 10.1. The first-order valence-corrected chi connectivity index (χ1v) is 11.1. The molecular formula is C20H24Cl2N2O3S. The number of aryl methyl sites for hydroxylation is 1. The zero-order valence-corrected chi connectivity index (χ0v) is 18.6. The van der Waals surface area contributed by atoms with Crippen molar-refractivity contribution in [2.75, 3.05) is 10.8 Å². The SMILES string of the molecule is Cc1ccc(S(=O)(=O)N(CC(=O)N[C@@H](C)C(C)C)c2cccc(Cl)c2Cl)cc1. The van der Waals surface area contributed by atoms with Crippen LogP contribution in [-0.4, -0.2) is 26.9 Å². The third-order valence-electron chi connectivity index (χ3n) is 4.48. The number of rotatable bonds is 7. The van der Waals surface area contributed by atoms with Gasteiger partial charge in [-0.1, -0.05) is 60.8 Å². The fourth-order valence-corrected chi connectivity index (χ4v) is 4.30. The van der Waals surface area contributed by atoms with Crippen molar-refractivity contribution in [2.45, 2.75) is 38.6 Å². The summed E-state index contributed by atoms with van der Waals surface area (Å²) >= 11 is 12.4. The molecule has 0 saturated carbocycles. The van der Waals surface area contributed by atoms with E-state index in [4.69, 9.17) is 23.2 Å². The number of nitrogens with one attached hydrogen (secondary N) is 1. The zero-order valence-electron chi connectivity index (χ0n) is 16.2. The molecule has 0 radical (unpaired) electrons. The van der Waals surface area contributed by atoms with Crippen LogP contribution in [0.4, 0.5) is 5.69 Å². The Balaban J connectivity index is 2.48. The maximum atomic E-state index is 13.3. The summed E-state index contributed by atoms with van der Waals surface area (Å²) in [6.07, 6.45) is 0. The van der Waals surface area contributed by atoms with Crippen LogP contribution in [-0.2, 0) is 14.8 Å². The fourth-order valence-electron chi connectivity index (χ4n) is 2.42. The van der Waals surface area contributed by atoms with Gasteiger partial charge in [0.25, 0.3) is 10.0 Å². The Bertz CT molecular complexity index is 944. The van der Waals surface area contributed by atoms with Gasteiger partial charge in [-0.15, -0.1) is 0 Å². The molecule has 1 N–H and O–H groups in total. The van der Waals surface area contributed by atoms with E-state index in [9.17, 15) is 13.2 Å². The quantitative estimate of drug-likeness (QED) is 0.677. The largest absolute Gasteiger partial charge is 0.352 e. The van der Waals surface area contributed by atoms with Crippen LogP contribution in [0.25, 0.3) is 0 Å². The molecule has 0 bridgehead atoms. The fraction of sp³-hybridized carbons (Fsp3) is 0.350. The minimum atomic E-state index is -4.03. The Morgan fingerprint density at radius 1 is 1.07 bits per heavy atom. The summed E-state index contributed by atoms with van der Waals surface area (Å²) < 4.78 is 27.6. The number of amides is 1. The van der Waals surface area contributed by atoms with Crippen molar-refractivity contribution in [2.24, 2.45) is 5.92 Å². The van der Waals surface area contributed by atoms with Gasteiger partial charge >= 0.3 is 0 Å². The van der Waals surface area contributed by atoms with E-state index in [0.717, 1.165) is 9.87 Å². The Morgan fingerprint density at radius 2 is 1.68 bits per heavy atom. The lowest BCUT2D eigenvalue weighted by Crippen LogP contribution is -2.45. The number of halogens is 2. The van der Waals surface area contributed by atoms with Gasteiger partial charge in [0.05, 0.1) is 20.6 Å². The van der Waals surface area contributed by atoms with Gasteiger partial charge in [-0.05, 0) is 44.0 Å². The monoisotopic (exact) mass is 442 g/mol. The molecule has 0 heterocycles. The number of anilines is 1. The number of nitrogens with zero attached hydrogens (tertiary/aromatic N) is 1. The van der Waals surface area contributed by atoms with Gasteiger partial charge in [0.2, 0.25) is 5.91 Å². The molecule has 0 aliphatic rings. The number of sulfonamides is 1. The van der Waals surface area contributed by atoms with Crippen molar-refractivity contribution < 1.29 is 13.2 Å². The highest BCUT2D eigenvalue weighted by atomic mass is 35.5. The molecule has 28 heavy (non-hydrogen) atoms. The van der Waals surface area contributed by atoms with E-state index in [1.165, 1.54) is 18.2 Å². The number of benzene rings is 2. The molecule has 1 atom stereocenters. The molecule has 1 amide bonds. The first-order chi connectivity index (χ1) is 13.0. The van der Waals surface area contributed by atoms with E-state index in [1.54, 1.807) is 24.3 Å². The minimum absolute atomic E-state index is 0.0684. The lowest BCUT2D eigenvalue weighted by molar-refractivity contribution is -0.120. The standard InChI is InChI=1S/C20H24Cl2N2O3S/c1-13(2)15(4)23-19(25)12-24(18-7-5-6-17(21)20(18)22)28(26,27)16-10-8-14(3)9-11-16/h5-11,13,15H,12H2,1-4H3,(H,23,25)/t15-/m0/s1. The van der Waals surface area contributed by atoms with Gasteiger partial charge in [0.15, 0.2) is 0 Å². The van der Waals surface area contributed by atoms with Gasteiger partial charge in [-0.2, -0.15) is 0 Å². The third kappa shape index (κ3) is 5.19. The van der Waals surface area contributed by atoms with Crippen LogP contribution in [0.15, 0.2) is 47.4 Å². The van der Waals surface area contributed by atoms with Crippen molar-refractivity contribution >= 4 is 44.8 Å². The van der Waals surface area contributed by atoms with Crippen molar-refractivity contribution in [3.05, 3.63) is 58.1 Å². The van der Waals surface area contributed by atoms with Crippen molar-refractivity contribution in [1.29, 1.82) is 0 Å². The van der Waals surface area contributed by atoms with E-state index in [2.05, 4.69) is 5.32 Å². The lowest BCUT2D eigenvalue weighted by Gasteiger charge is -2.26. The van der Waals surface area contributed by atoms with Crippen LogP contribution in [0.3, 0.4) is 0 Å². The van der Waals surface area contributed by atoms with Crippen LogP contribution in [0.2, 0.25) is 10.0 Å². The van der Waals surface area contributed by atoms with E-state index >= 15 is 0 Å². The third-order valence-corrected chi connectivity index (χ3v) is 7.07. The molecule has 0 unspecified atom stereocenters. The molecule has 0 aliphatic carbocycles. The highest BCUT2D eigenvalue weighted by molar-refractivity contribution is 7.92. The molecule has 5 nitrogen and oxygen atoms in total. The van der Waals surface area contributed by atoms with E-state index < -0.39 is 22.5 Å². The van der Waals surface area contributed by atoms with E-state index in [1.807, 2.05) is 27.7 Å². The average molecular weight is 443 g/mol. The van der Waals surface area contributed by atoms with Crippen LogP contribution in [0, 0.1) is 12.8 Å². The average Bonchev–Trinajstić information content (AvgIpc) is 2.62. The van der Waals surface area contributed by atoms with Crippen LogP contribution in [0.5, 0.6) is 0 Å². The maximum Gasteiger partial charge on any atom is 0.264 e. The second-order valence-electron chi connectivity index (χ2n) is 7.00. The van der Waals surface area contributed by atoms with Crippen molar-refractivity contribution in [1.82, 2.24) is 5.32 Å². The Morgan fingerprint density at radius 3 is 2.25 bits per heavy atom. The molecule has 0 aliphatic heterocycles. The number of carbonyl (C=O) groups is 1. The Kier molecular flexibility index (Phi) is 7.37. The molecule has 0 fully saturated rings. The molecule has 2 rings (SSSR count). The van der Waals surface area contributed by atoms with Gasteiger partial charge in [-0.3, -0.25) is 9.10 Å². The van der Waals surface area contributed by atoms with Gasteiger partial charge in [0, 0.05) is 6.04 Å². The normalized spacial score (nSPS) is 12.7. The Hall–Kier alpha value is -1.76. The van der Waals surface area contributed by atoms with E-state index in [-0.39, 0.29) is 32.6 Å². The van der Waals surface area contributed by atoms with Gasteiger partial charge in [0.1, 0.15) is 6.54 Å². The highest BCUT2D eigenvalue weighted by Gasteiger charge is 2.29. The molecule has 8 heteroatoms. The van der Waals surface area contributed by atoms with Crippen molar-refractivity contribution in [3.63, 3.8) is 0 Å². The molecular weight excluding hydrogens is 419 g/mol. The first-order valence-electron chi connectivity index (χ1n) is 8.86. The second kappa shape index (κ2) is 9.16. The molecule has 0 spiro atoms. The minimum Gasteiger partial charge on any atom is -0.352 e. The predicted octanol–water partition coefficient (Wildman–Crippen LogP) is 4.66. The molecule has 2 aromatic rings. The van der Waals surface area contributed by atoms with Gasteiger partial charge < -0.3 is 5.32 Å². The van der Waals surface area contributed by atoms with Crippen LogP contribution >= 0.6 is 23.2 Å². The summed E-state index contributed by atoms with van der Waals surface area (Å²) in [5, 5.41) is 3.11. The number of hydrogen-bond donors (Lipinski definition) is 1. The summed E-state index contributed by atoms with van der Waals surface area (Å²) in [7, 11) is -4.03. The highest BCUT2D eigenvalue weighted by Crippen LogP contribution is 2.35. The summed E-state index contributed by atoms with van der Waals surface area (Å²) in [6, 6.07) is 11.0. The van der Waals surface area contributed by atoms with Crippen molar-refractivity contribution in [3.8, 4) is 0 Å². The smallest absolute Gasteiger partial charge is 0.264 e. The van der Waals surface area contributed by atoms with E-state index in [0.29, 0.717) is 0 Å². The molecule has 0 saturated heterocycles. The maximum absolute atomic E-state index is 13.3. The predicted molar refractivity (Wildman–Crippen MR) is 115 cm³/mol. The molecule has 0 aromatic heterocycles. The Labute approximate surface area is 176 Å². The zero-order chi connectivity index (χ0) is 21.1. The second-order valence-corrected chi connectivity index (χ2v) is 9.65. The summed E-state index contributed by atoms with van der Waals surface area (Å²) in [5.41, 5.74) is 1.08. The molecule has 2 aromatic carbocycles. The summed E-state index contributed by atoms with van der Waals surface area (Å²) in [5.74, 6) is -0.214. The van der Waals surface area contributed by atoms with Crippen LogP contribution < -0.4 is 9.62 Å². The first kappa shape index (κ1) is 22.5. The summed E-state index contributed by atoms with van der Waals surface area (Å²) in [4.78, 5) is 12.6. The molecule has 152 valence electrons. The summed E-state index contributed by atoms with van der Waals surface area (Å²) in [6.45, 7) is 7.27. The van der Waals surface area contributed by atoms with Gasteiger partial charge in [-0.25, -0.2) is 8.42 Å².